The van der Waals surface area contributed by atoms with Crippen molar-refractivity contribution in [2.45, 2.75) is 32.2 Å². The molecule has 0 aromatic carbocycles. The van der Waals surface area contributed by atoms with Gasteiger partial charge >= 0.3 is 5.97 Å². The molecular formula is C9H14O4. The van der Waals surface area contributed by atoms with Gasteiger partial charge in [0.1, 0.15) is 0 Å². The maximum absolute atomic E-state index is 10.1. The quantitative estimate of drug-likeness (QED) is 0.672. The largest absolute Gasteiger partial charge is 0.478 e. The van der Waals surface area contributed by atoms with Crippen LogP contribution in [0.25, 0.3) is 0 Å². The van der Waals surface area contributed by atoms with Crippen LogP contribution in [-0.4, -0.2) is 29.6 Å². The summed E-state index contributed by atoms with van der Waals surface area (Å²) in [5.41, 5.74) is 0. The molecule has 0 aromatic heterocycles. The van der Waals surface area contributed by atoms with Crippen molar-refractivity contribution in [3.63, 3.8) is 0 Å². The molecule has 0 aromatic rings. The fourth-order valence-electron chi connectivity index (χ4n) is 1.20. The van der Waals surface area contributed by atoms with E-state index >= 15 is 0 Å². The molecule has 74 valence electrons. The van der Waals surface area contributed by atoms with Crippen LogP contribution in [0.4, 0.5) is 0 Å². The summed E-state index contributed by atoms with van der Waals surface area (Å²) in [6, 6.07) is 0. The summed E-state index contributed by atoms with van der Waals surface area (Å²) >= 11 is 0. The summed E-state index contributed by atoms with van der Waals surface area (Å²) in [4.78, 5) is 10.1. The van der Waals surface area contributed by atoms with Crippen LogP contribution in [0.5, 0.6) is 0 Å². The molecule has 1 N–H and O–H groups in total. The van der Waals surface area contributed by atoms with Crippen molar-refractivity contribution in [2.75, 3.05) is 6.61 Å². The Kier molecular flexibility index (Phi) is 3.06. The molecule has 1 atom stereocenters. The van der Waals surface area contributed by atoms with Gasteiger partial charge in [-0.05, 0) is 20.3 Å². The standard InChI is InChI=1S/C9H14O4/c1-9(2)12-6-7(13-9)4-3-5-8(10)11/h3,5,7H,4,6H2,1-2H3,(H,10,11). The van der Waals surface area contributed by atoms with Gasteiger partial charge in [0.15, 0.2) is 5.79 Å². The Morgan fingerprint density at radius 3 is 2.85 bits per heavy atom. The third-order valence-corrected chi connectivity index (χ3v) is 1.73. The minimum atomic E-state index is -0.932. The number of carboxylic acid groups (broad SMARTS) is 1. The van der Waals surface area contributed by atoms with Gasteiger partial charge in [-0.3, -0.25) is 0 Å². The summed E-state index contributed by atoms with van der Waals surface area (Å²) in [5.74, 6) is -1.46. The Morgan fingerprint density at radius 2 is 2.38 bits per heavy atom. The molecule has 1 fully saturated rings. The molecule has 1 unspecified atom stereocenters. The molecule has 0 saturated carbocycles. The molecule has 1 saturated heterocycles. The number of hydrogen-bond acceptors (Lipinski definition) is 3. The highest BCUT2D eigenvalue weighted by Crippen LogP contribution is 2.23. The summed E-state index contributed by atoms with van der Waals surface area (Å²) in [6.07, 6.45) is 3.26. The first kappa shape index (κ1) is 10.2. The maximum Gasteiger partial charge on any atom is 0.327 e. The van der Waals surface area contributed by atoms with Gasteiger partial charge in [0.25, 0.3) is 0 Å². The summed E-state index contributed by atoms with van der Waals surface area (Å²) in [6.45, 7) is 4.21. The van der Waals surface area contributed by atoms with Crippen molar-refractivity contribution in [1.82, 2.24) is 0 Å². The normalized spacial score (nSPS) is 26.8. The lowest BCUT2D eigenvalue weighted by molar-refractivity contribution is -0.137. The first-order valence-electron chi connectivity index (χ1n) is 4.21. The minimum Gasteiger partial charge on any atom is -0.478 e. The van der Waals surface area contributed by atoms with Gasteiger partial charge in [-0.15, -0.1) is 0 Å². The van der Waals surface area contributed by atoms with E-state index in [2.05, 4.69) is 0 Å². The lowest BCUT2D eigenvalue weighted by atomic mass is 10.2. The van der Waals surface area contributed by atoms with E-state index in [4.69, 9.17) is 14.6 Å². The Balaban J connectivity index is 2.29. The first-order valence-corrected chi connectivity index (χ1v) is 4.21. The van der Waals surface area contributed by atoms with E-state index in [-0.39, 0.29) is 6.10 Å². The smallest absolute Gasteiger partial charge is 0.327 e. The molecule has 13 heavy (non-hydrogen) atoms. The molecule has 0 amide bonds. The SMILES string of the molecule is CC1(C)OCC(CC=CC(=O)O)O1. The second-order valence-electron chi connectivity index (χ2n) is 3.43. The predicted octanol–water partition coefficient (Wildman–Crippen LogP) is 1.17. The minimum absolute atomic E-state index is 0.0226. The van der Waals surface area contributed by atoms with E-state index in [9.17, 15) is 4.79 Å². The van der Waals surface area contributed by atoms with Crippen molar-refractivity contribution in [1.29, 1.82) is 0 Å². The predicted molar refractivity (Wildman–Crippen MR) is 46.3 cm³/mol. The number of ether oxygens (including phenoxy) is 2. The third kappa shape index (κ3) is 3.57. The molecule has 4 nitrogen and oxygen atoms in total. The lowest BCUT2D eigenvalue weighted by Gasteiger charge is -2.16. The van der Waals surface area contributed by atoms with E-state index in [0.29, 0.717) is 13.0 Å². The van der Waals surface area contributed by atoms with E-state index in [1.807, 2.05) is 13.8 Å². The van der Waals surface area contributed by atoms with Crippen LogP contribution in [0.15, 0.2) is 12.2 Å². The van der Waals surface area contributed by atoms with E-state index < -0.39 is 11.8 Å². The maximum atomic E-state index is 10.1. The van der Waals surface area contributed by atoms with Crippen LogP contribution in [-0.2, 0) is 14.3 Å². The van der Waals surface area contributed by atoms with Crippen molar-refractivity contribution < 1.29 is 19.4 Å². The molecule has 0 radical (unpaired) electrons. The number of carboxylic acids is 1. The lowest BCUT2D eigenvalue weighted by Crippen LogP contribution is -2.21. The second-order valence-corrected chi connectivity index (χ2v) is 3.43. The number of carbonyl (C=O) groups is 1. The van der Waals surface area contributed by atoms with Crippen LogP contribution >= 0.6 is 0 Å². The van der Waals surface area contributed by atoms with Gasteiger partial charge in [0, 0.05) is 6.08 Å². The molecule has 1 aliphatic rings. The van der Waals surface area contributed by atoms with Gasteiger partial charge < -0.3 is 14.6 Å². The van der Waals surface area contributed by atoms with Crippen molar-refractivity contribution in [3.8, 4) is 0 Å². The van der Waals surface area contributed by atoms with Gasteiger partial charge in [-0.25, -0.2) is 4.79 Å². The summed E-state index contributed by atoms with van der Waals surface area (Å²) in [5, 5.41) is 8.33. The molecule has 0 bridgehead atoms. The molecule has 0 spiro atoms. The van der Waals surface area contributed by atoms with Crippen LogP contribution < -0.4 is 0 Å². The van der Waals surface area contributed by atoms with Crippen molar-refractivity contribution >= 4 is 5.97 Å². The number of rotatable bonds is 3. The van der Waals surface area contributed by atoms with Crippen LogP contribution in [0, 0.1) is 0 Å². The Labute approximate surface area is 77.1 Å². The van der Waals surface area contributed by atoms with Crippen molar-refractivity contribution in [3.05, 3.63) is 12.2 Å². The van der Waals surface area contributed by atoms with Crippen LogP contribution in [0.2, 0.25) is 0 Å². The van der Waals surface area contributed by atoms with Crippen molar-refractivity contribution in [2.24, 2.45) is 0 Å². The molecular weight excluding hydrogens is 172 g/mol. The second kappa shape index (κ2) is 3.89. The van der Waals surface area contributed by atoms with Gasteiger partial charge in [-0.2, -0.15) is 0 Å². The van der Waals surface area contributed by atoms with Gasteiger partial charge in [0.2, 0.25) is 0 Å². The average Bonchev–Trinajstić information content (AvgIpc) is 2.29. The molecule has 0 aliphatic carbocycles. The third-order valence-electron chi connectivity index (χ3n) is 1.73. The van der Waals surface area contributed by atoms with E-state index in [1.54, 1.807) is 6.08 Å². The number of hydrogen-bond donors (Lipinski definition) is 1. The average molecular weight is 186 g/mol. The highest BCUT2D eigenvalue weighted by molar-refractivity contribution is 5.79. The van der Waals surface area contributed by atoms with Gasteiger partial charge in [0.05, 0.1) is 12.7 Å². The number of aliphatic carboxylic acids is 1. The highest BCUT2D eigenvalue weighted by atomic mass is 16.7. The zero-order chi connectivity index (χ0) is 9.90. The molecule has 1 rings (SSSR count). The molecule has 4 heteroatoms. The Morgan fingerprint density at radius 1 is 1.69 bits per heavy atom. The Hall–Kier alpha value is -0.870. The fourth-order valence-corrected chi connectivity index (χ4v) is 1.20. The van der Waals surface area contributed by atoms with E-state index in [0.717, 1.165) is 6.08 Å². The molecule has 1 aliphatic heterocycles. The topological polar surface area (TPSA) is 55.8 Å². The molecule has 1 heterocycles. The first-order chi connectivity index (χ1) is 5.99. The highest BCUT2D eigenvalue weighted by Gasteiger charge is 2.31. The van der Waals surface area contributed by atoms with Crippen LogP contribution in [0.3, 0.4) is 0 Å². The summed E-state index contributed by atoms with van der Waals surface area (Å²) in [7, 11) is 0. The van der Waals surface area contributed by atoms with Crippen LogP contribution in [0.1, 0.15) is 20.3 Å². The zero-order valence-electron chi connectivity index (χ0n) is 7.82. The zero-order valence-corrected chi connectivity index (χ0v) is 7.82. The van der Waals surface area contributed by atoms with E-state index in [1.165, 1.54) is 0 Å². The fraction of sp³-hybridized carbons (Fsp3) is 0.667. The summed E-state index contributed by atoms with van der Waals surface area (Å²) < 4.78 is 10.8. The van der Waals surface area contributed by atoms with Gasteiger partial charge in [-0.1, -0.05) is 6.08 Å². The monoisotopic (exact) mass is 186 g/mol. The Bertz CT molecular complexity index is 220.